The second-order valence-electron chi connectivity index (χ2n) is 12.9. The van der Waals surface area contributed by atoms with Gasteiger partial charge in [-0.1, -0.05) is 171 Å². The first-order valence-electron chi connectivity index (χ1n) is 29.5. The van der Waals surface area contributed by atoms with E-state index in [1.807, 2.05) is 0 Å². The number of anilines is 3. The molecular formula is C52H39N. The van der Waals surface area contributed by atoms with Crippen molar-refractivity contribution in [2.45, 2.75) is 24.7 Å². The number of benzene rings is 8. The van der Waals surface area contributed by atoms with Gasteiger partial charge in [0.05, 0.1) is 41.1 Å². The predicted molar refractivity (Wildman–Crippen MR) is 221 cm³/mol. The van der Waals surface area contributed by atoms with Crippen LogP contribution in [0.4, 0.5) is 17.1 Å². The van der Waals surface area contributed by atoms with Gasteiger partial charge >= 0.3 is 0 Å². The second-order valence-corrected chi connectivity index (χ2v) is 12.9. The van der Waals surface area contributed by atoms with Gasteiger partial charge in [-0.2, -0.15) is 0 Å². The summed E-state index contributed by atoms with van der Waals surface area (Å²) in [6.07, 6.45) is 0. The van der Waals surface area contributed by atoms with E-state index >= 15 is 0 Å². The quantitative estimate of drug-likeness (QED) is 0.167. The second kappa shape index (κ2) is 12.1. The maximum atomic E-state index is 9.74. The minimum atomic E-state index is -2.72. The van der Waals surface area contributed by atoms with Gasteiger partial charge in [-0.25, -0.2) is 0 Å². The summed E-state index contributed by atoms with van der Waals surface area (Å²) in [5, 5.41) is 0. The molecular weight excluding hydrogens is 639 g/mol. The van der Waals surface area contributed by atoms with Gasteiger partial charge in [-0.3, -0.25) is 0 Å². The van der Waals surface area contributed by atoms with E-state index in [-0.39, 0.29) is 35.4 Å². The molecule has 10 rings (SSSR count). The van der Waals surface area contributed by atoms with Crippen LogP contribution in [0.25, 0.3) is 33.4 Å². The average molecular weight is 704 g/mol. The molecule has 0 N–H and O–H groups in total. The lowest BCUT2D eigenvalue weighted by Gasteiger charge is -2.34. The van der Waals surface area contributed by atoms with Crippen LogP contribution in [0.1, 0.15) is 82.9 Å². The minimum Gasteiger partial charge on any atom is -0.310 e. The first-order valence-corrected chi connectivity index (χ1v) is 16.5. The fourth-order valence-corrected chi connectivity index (χ4v) is 7.47. The minimum absolute atomic E-state index is 0.122. The third-order valence-electron chi connectivity index (χ3n) is 9.84. The van der Waals surface area contributed by atoms with Crippen LogP contribution in [0.2, 0.25) is 0 Å². The van der Waals surface area contributed by atoms with Crippen molar-refractivity contribution in [2.75, 3.05) is 4.90 Å². The van der Waals surface area contributed by atoms with Gasteiger partial charge in [0.2, 0.25) is 0 Å². The molecule has 1 nitrogen and oxygen atoms in total. The monoisotopic (exact) mass is 703 g/mol. The van der Waals surface area contributed by atoms with Gasteiger partial charge < -0.3 is 4.90 Å². The molecule has 252 valence electrons. The number of hydrogen-bond acceptors (Lipinski definition) is 1. The highest BCUT2D eigenvalue weighted by atomic mass is 15.1. The standard InChI is InChI=1S/C52H39N/c1-51(2)47-25-12-9-22-43(47)46-33-32-42(35-50(46)51)53(40-20-7-4-8-21-40)41-30-28-36(29-31-41)37-16-15-19-39(34-37)52(38-17-5-3-6-18-38)48-26-13-10-23-44(48)45-24-11-14-27-49(45)52/h3-35H,1-2H3/i3D,4D,5D,6D,7D,8D,9D,10D,11D,12D,13D,15D,16D,17D,18D,20D,23D,24D,25D,26D,27D,28D,29D,30D,31D,33D. The molecule has 0 amide bonds. The molecule has 0 saturated heterocycles. The molecule has 1 heteroatoms. The van der Waals surface area contributed by atoms with Gasteiger partial charge in [-0.15, -0.1) is 0 Å². The zero-order valence-corrected chi connectivity index (χ0v) is 28.0. The molecule has 0 saturated carbocycles. The number of hydrogen-bond donors (Lipinski definition) is 0. The van der Waals surface area contributed by atoms with Gasteiger partial charge in [0, 0.05) is 22.5 Å². The Balaban J connectivity index is 1.32. The molecule has 0 radical (unpaired) electrons. The Labute approximate surface area is 349 Å². The number of fused-ring (bicyclic) bond motifs is 6. The van der Waals surface area contributed by atoms with E-state index in [0.29, 0.717) is 16.7 Å². The van der Waals surface area contributed by atoms with Crippen molar-refractivity contribution in [3.63, 3.8) is 0 Å². The first-order chi connectivity index (χ1) is 36.8. The largest absolute Gasteiger partial charge is 0.310 e. The SMILES string of the molecule is [2H]c1cc(C2(c3c([2H])c([2H])c([2H])c([2H])c3[2H])c3c([2H])cc([2H])c([2H])c3-c3c([2H])c([2H])c([2H])c([2H])c32)cc(-c2c([2H])c([2H])c(N(c3cc([2H])c4c(c3)C(C)(C)c3c-4cc([2H])c([2H])c3[2H])c3cc([2H])c([2H])c([2H])c3[2H])c([2H])c2[2H])c1[2H]. The zero-order chi connectivity index (χ0) is 58.2. The van der Waals surface area contributed by atoms with Gasteiger partial charge in [0.25, 0.3) is 0 Å². The van der Waals surface area contributed by atoms with Crippen LogP contribution in [0.5, 0.6) is 0 Å². The summed E-state index contributed by atoms with van der Waals surface area (Å²) in [6.45, 7) is 3.42. The Morgan fingerprint density at radius 3 is 1.94 bits per heavy atom. The van der Waals surface area contributed by atoms with Crippen molar-refractivity contribution in [2.24, 2.45) is 0 Å². The third kappa shape index (κ3) is 4.70. The molecule has 2 aliphatic rings. The Bertz CT molecular complexity index is 4090. The van der Waals surface area contributed by atoms with E-state index in [1.165, 1.54) is 18.2 Å². The summed E-state index contributed by atoms with van der Waals surface area (Å²) in [4.78, 5) is 1.00. The van der Waals surface area contributed by atoms with Crippen LogP contribution in [-0.4, -0.2) is 0 Å². The Morgan fingerprint density at radius 2 is 1.08 bits per heavy atom. The normalized spacial score (nSPS) is 22.8. The maximum absolute atomic E-state index is 9.74. The molecule has 0 heterocycles. The maximum Gasteiger partial charge on any atom is 0.0713 e. The highest BCUT2D eigenvalue weighted by Gasteiger charge is 2.46. The highest BCUT2D eigenvalue weighted by Crippen LogP contribution is 2.56. The van der Waals surface area contributed by atoms with E-state index < -0.39 is 200 Å². The summed E-state index contributed by atoms with van der Waals surface area (Å²) in [6, 6.07) is -11.2. The first kappa shape index (κ1) is 14.5. The van der Waals surface area contributed by atoms with Crippen molar-refractivity contribution >= 4 is 17.1 Å². The van der Waals surface area contributed by atoms with Crippen molar-refractivity contribution < 1.29 is 35.6 Å². The van der Waals surface area contributed by atoms with Crippen LogP contribution >= 0.6 is 0 Å². The molecule has 1 unspecified atom stereocenters. The van der Waals surface area contributed by atoms with E-state index in [2.05, 4.69) is 0 Å². The van der Waals surface area contributed by atoms with Crippen molar-refractivity contribution in [3.05, 3.63) is 233 Å². The zero-order valence-electron chi connectivity index (χ0n) is 54.0. The number of nitrogens with zero attached hydrogens (tertiary/aromatic N) is 1. The lowest BCUT2D eigenvalue weighted by Crippen LogP contribution is -2.28. The molecule has 0 bridgehead atoms. The van der Waals surface area contributed by atoms with Crippen molar-refractivity contribution in [3.8, 4) is 33.4 Å². The topological polar surface area (TPSA) is 3.24 Å². The predicted octanol–water partition coefficient (Wildman–Crippen LogP) is 13.5. The van der Waals surface area contributed by atoms with Crippen LogP contribution in [0.15, 0.2) is 200 Å². The van der Waals surface area contributed by atoms with E-state index in [1.54, 1.807) is 13.8 Å². The molecule has 1 atom stereocenters. The van der Waals surface area contributed by atoms with Crippen molar-refractivity contribution in [1.82, 2.24) is 0 Å². The molecule has 8 aromatic rings. The van der Waals surface area contributed by atoms with Gasteiger partial charge in [-0.05, 0) is 109 Å². The van der Waals surface area contributed by atoms with Crippen LogP contribution in [0, 0.1) is 0 Å². The smallest absolute Gasteiger partial charge is 0.0713 e. The summed E-state index contributed by atoms with van der Waals surface area (Å²) in [7, 11) is 0. The highest BCUT2D eigenvalue weighted by molar-refractivity contribution is 5.88. The summed E-state index contributed by atoms with van der Waals surface area (Å²) < 4.78 is 236. The fourth-order valence-electron chi connectivity index (χ4n) is 7.47. The lowest BCUT2D eigenvalue weighted by molar-refractivity contribution is 0.660. The van der Waals surface area contributed by atoms with Gasteiger partial charge in [0.15, 0.2) is 0 Å². The van der Waals surface area contributed by atoms with E-state index in [0.717, 1.165) is 29.2 Å². The van der Waals surface area contributed by atoms with E-state index in [9.17, 15) is 16.4 Å². The summed E-state index contributed by atoms with van der Waals surface area (Å²) >= 11 is 0. The molecule has 0 spiro atoms. The number of rotatable bonds is 6. The summed E-state index contributed by atoms with van der Waals surface area (Å²) in [5.41, 5.74) is -8.22. The summed E-state index contributed by atoms with van der Waals surface area (Å²) in [5.74, 6) is 0. The van der Waals surface area contributed by atoms with Crippen LogP contribution in [-0.2, 0) is 10.8 Å². The molecule has 53 heavy (non-hydrogen) atoms. The van der Waals surface area contributed by atoms with Crippen molar-refractivity contribution in [1.29, 1.82) is 0 Å². The molecule has 2 aliphatic carbocycles. The molecule has 8 aromatic carbocycles. The fraction of sp³-hybridized carbons (Fsp3) is 0.0769. The van der Waals surface area contributed by atoms with Crippen LogP contribution < -0.4 is 4.90 Å². The Hall–Kier alpha value is -6.44. The lowest BCUT2D eigenvalue weighted by atomic mass is 9.67. The molecule has 0 fully saturated rings. The molecule has 0 aliphatic heterocycles. The Kier molecular flexibility index (Phi) is 3.31. The number of para-hydroxylation sites is 1. The van der Waals surface area contributed by atoms with E-state index in [4.69, 9.17) is 19.2 Å². The Morgan fingerprint density at radius 1 is 0.396 bits per heavy atom. The van der Waals surface area contributed by atoms with Gasteiger partial charge in [0.1, 0.15) is 0 Å². The third-order valence-corrected chi connectivity index (χ3v) is 9.84. The van der Waals surface area contributed by atoms with Crippen LogP contribution in [0.3, 0.4) is 0 Å². The molecule has 0 aromatic heterocycles. The average Bonchev–Trinajstić information content (AvgIpc) is 2.62.